The Labute approximate surface area is 709 Å². The van der Waals surface area contributed by atoms with Gasteiger partial charge < -0.3 is 52.5 Å². The molecule has 1 N–H and O–H groups in total. The molecule has 0 saturated carbocycles. The average Bonchev–Trinajstić information content (AvgIpc) is 1.56. The summed E-state index contributed by atoms with van der Waals surface area (Å²) >= 11 is 0. The van der Waals surface area contributed by atoms with Gasteiger partial charge in [-0.2, -0.15) is 0 Å². The highest BCUT2D eigenvalue weighted by Gasteiger charge is 2.27. The molecule has 3 unspecified atom stereocenters. The summed E-state index contributed by atoms with van der Waals surface area (Å²) in [5, 5.41) is 10.1. The Morgan fingerprint density at radius 1 is 0.367 bits per heavy atom. The monoisotopic (exact) mass is 1630 g/mol. The third kappa shape index (κ3) is 25.6. The number of rotatable bonds is 55. The van der Waals surface area contributed by atoms with E-state index in [1.165, 1.54) is 0 Å². The van der Waals surface area contributed by atoms with E-state index in [4.69, 9.17) is 57.3 Å². The fourth-order valence-electron chi connectivity index (χ4n) is 14.8. The molecule has 120 heavy (non-hydrogen) atoms. The Morgan fingerprint density at radius 3 is 1.02 bits per heavy atom. The summed E-state index contributed by atoms with van der Waals surface area (Å²) < 4.78 is 65.7. The highest BCUT2D eigenvalue weighted by Crippen LogP contribution is 2.44. The van der Waals surface area contributed by atoms with E-state index in [2.05, 4.69) is 78.3 Å². The Morgan fingerprint density at radius 2 is 0.675 bits per heavy atom. The molecule has 0 spiro atoms. The molecule has 6 heterocycles. The van der Waals surface area contributed by atoms with Crippen LogP contribution in [0.15, 0.2) is 163 Å². The van der Waals surface area contributed by atoms with Gasteiger partial charge in [0, 0.05) is 39.0 Å². The third-order valence-corrected chi connectivity index (χ3v) is 21.9. The largest absolute Gasteiger partial charge is 0.494 e. The van der Waals surface area contributed by atoms with E-state index in [1.54, 1.807) is 27.7 Å². The molecule has 0 saturated heterocycles. The normalized spacial score (nSPS) is 12.5. The van der Waals surface area contributed by atoms with Crippen molar-refractivity contribution in [3.05, 3.63) is 191 Å². The molecule has 3 atom stereocenters. The molecule has 2 aliphatic rings. The molecule has 640 valence electrons. The number of ether oxygens (including phenoxy) is 10. The van der Waals surface area contributed by atoms with E-state index in [9.17, 15) is 19.5 Å². The van der Waals surface area contributed by atoms with Crippen LogP contribution in [0.3, 0.4) is 0 Å². The van der Waals surface area contributed by atoms with Gasteiger partial charge in [0.2, 0.25) is 0 Å². The van der Waals surface area contributed by atoms with Crippen molar-refractivity contribution in [2.45, 2.75) is 216 Å². The summed E-state index contributed by atoms with van der Waals surface area (Å²) in [7, 11) is 0. The Bertz CT molecular complexity index is 5030. The first kappa shape index (κ1) is 91.5. The third-order valence-electron chi connectivity index (χ3n) is 21.9. The van der Waals surface area contributed by atoms with Gasteiger partial charge in [0.1, 0.15) is 11.5 Å². The standard InChI is InChI=1S/C101H126N4O15/c1-13-17-35-73(15-3)67-119-90-56-42-78(66-92(90)120-68-74(16-4)36-18-14-2)96-84-50-48-82(103-84)94(76-39-45-80(46-40-76)112-58-28-20-24-32-62-116-98(107)70(7)8)85-51-53-87-95(77-41-55-89(113-59-29-21-25-33-63-117-99(108)71(9)10)91(65-77)114-60-30-22-26-34-64-118-100(109)72(11)12)83-49-47-81(102-83)93(86-52-54-88(96)105(86)101(110)104(85)87)75-37-43-79(44-38-75)111-57-27-19-23-31-61-115-97(106)69(5)6/h37-56,65-66,73-74,97,106H,5,7,9,11,13-36,57-64,67-68H2,1-4,6,8,10,12H3. The number of benzene rings is 4. The molecular weight excluding hydrogens is 1510 g/mol. The minimum atomic E-state index is -0.964. The van der Waals surface area contributed by atoms with Gasteiger partial charge in [-0.05, 0) is 274 Å². The average molecular weight is 1640 g/mol. The Kier molecular flexibility index (Phi) is 36.1. The van der Waals surface area contributed by atoms with Crippen LogP contribution in [-0.2, 0) is 33.3 Å². The number of esters is 3. The van der Waals surface area contributed by atoms with Crippen molar-refractivity contribution in [3.63, 3.8) is 0 Å². The predicted molar refractivity (Wildman–Crippen MR) is 482 cm³/mol. The van der Waals surface area contributed by atoms with E-state index >= 15 is 4.79 Å². The second-order valence-corrected chi connectivity index (χ2v) is 31.8. The molecular formula is C101H126N4O15. The van der Waals surface area contributed by atoms with Crippen molar-refractivity contribution < 1.29 is 66.9 Å². The minimum absolute atomic E-state index is 0.301. The highest BCUT2D eigenvalue weighted by molar-refractivity contribution is 6.01. The molecule has 6 bridgehead atoms. The molecule has 0 radical (unpaired) electrons. The summed E-state index contributed by atoms with van der Waals surface area (Å²) in [6.07, 6.45) is 28.6. The lowest BCUT2D eigenvalue weighted by Crippen LogP contribution is -2.20. The zero-order valence-electron chi connectivity index (χ0n) is 72.3. The lowest BCUT2D eigenvalue weighted by Gasteiger charge is -2.21. The van der Waals surface area contributed by atoms with Crippen molar-refractivity contribution in [3.8, 4) is 79.0 Å². The van der Waals surface area contributed by atoms with Gasteiger partial charge in [0.15, 0.2) is 29.3 Å². The number of fused-ring (bicyclic) bond motifs is 4. The van der Waals surface area contributed by atoms with Crippen molar-refractivity contribution in [2.24, 2.45) is 11.8 Å². The van der Waals surface area contributed by atoms with Gasteiger partial charge in [0.05, 0.1) is 111 Å². The van der Waals surface area contributed by atoms with E-state index < -0.39 is 18.2 Å². The molecule has 8 aromatic rings. The van der Waals surface area contributed by atoms with E-state index in [0.29, 0.717) is 227 Å². The summed E-state index contributed by atoms with van der Waals surface area (Å²) in [5.41, 5.74) is 12.0. The quantitative estimate of drug-likeness (QED) is 0.00936. The van der Waals surface area contributed by atoms with Gasteiger partial charge in [-0.15, -0.1) is 0 Å². The molecule has 19 nitrogen and oxygen atoms in total. The van der Waals surface area contributed by atoms with Crippen LogP contribution >= 0.6 is 0 Å². The molecule has 4 aromatic heterocycles. The summed E-state index contributed by atoms with van der Waals surface area (Å²) in [6, 6.07) is 36.3. The van der Waals surface area contributed by atoms with Crippen molar-refractivity contribution in [1.82, 2.24) is 18.8 Å². The number of unbranched alkanes of at least 4 members (excludes halogenated alkanes) is 14. The van der Waals surface area contributed by atoms with Crippen LogP contribution < -0.4 is 34.1 Å². The number of aromatic nitrogens is 4. The first-order valence-electron chi connectivity index (χ1n) is 43.8. The molecule has 4 aromatic carbocycles. The molecule has 0 fully saturated rings. The molecule has 19 heteroatoms. The van der Waals surface area contributed by atoms with Gasteiger partial charge >= 0.3 is 23.6 Å². The molecule has 0 amide bonds. The van der Waals surface area contributed by atoms with Crippen LogP contribution in [0.5, 0.6) is 34.5 Å². The number of nitrogens with zero attached hydrogens (tertiary/aromatic N) is 4. The zero-order valence-corrected chi connectivity index (χ0v) is 72.3. The van der Waals surface area contributed by atoms with Crippen LogP contribution in [-0.4, -0.2) is 114 Å². The lowest BCUT2D eigenvalue weighted by molar-refractivity contribution is -0.139. The van der Waals surface area contributed by atoms with Crippen molar-refractivity contribution in [2.75, 3.05) is 66.1 Å². The number of hydrogen-bond donors (Lipinski definition) is 1. The van der Waals surface area contributed by atoms with Crippen molar-refractivity contribution in [1.29, 1.82) is 0 Å². The maximum absolute atomic E-state index is 17.7. The van der Waals surface area contributed by atoms with Crippen molar-refractivity contribution >= 4 is 64.3 Å². The number of carbonyl (C=O) groups excluding carboxylic acids is 3. The van der Waals surface area contributed by atoms with Crippen LogP contribution in [0.2, 0.25) is 0 Å². The lowest BCUT2D eigenvalue weighted by atomic mass is 10.00. The van der Waals surface area contributed by atoms with Gasteiger partial charge in [0.25, 0.3) is 0 Å². The predicted octanol–water partition coefficient (Wildman–Crippen LogP) is 23.5. The smallest absolute Gasteiger partial charge is 0.338 e. The second-order valence-electron chi connectivity index (χ2n) is 31.8. The summed E-state index contributed by atoms with van der Waals surface area (Å²) in [6.45, 7) is 34.7. The minimum Gasteiger partial charge on any atom is -0.494 e. The number of aliphatic hydroxyl groups excluding tert-OH is 1. The molecule has 0 aliphatic carbocycles. The van der Waals surface area contributed by atoms with E-state index in [-0.39, 0.29) is 11.7 Å². The molecule has 2 aliphatic heterocycles. The zero-order chi connectivity index (χ0) is 85.3. The number of carbonyl (C=O) groups is 3. The maximum Gasteiger partial charge on any atom is 0.338 e. The van der Waals surface area contributed by atoms with E-state index in [0.717, 1.165) is 152 Å². The molecule has 10 rings (SSSR count). The first-order chi connectivity index (χ1) is 58.3. The van der Waals surface area contributed by atoms with Crippen LogP contribution in [0.4, 0.5) is 0 Å². The fourth-order valence-corrected chi connectivity index (χ4v) is 14.8. The Hall–Kier alpha value is -10.8. The van der Waals surface area contributed by atoms with Gasteiger partial charge in [-0.25, -0.2) is 29.1 Å². The fraction of sp³-hybridized carbons (Fsp3) is 0.446. The first-order valence-corrected chi connectivity index (χ1v) is 43.8. The van der Waals surface area contributed by atoms with E-state index in [1.807, 2.05) is 118 Å². The topological polar surface area (TPSA) is 215 Å². The second kappa shape index (κ2) is 47.3. The Balaban J connectivity index is 1.18. The van der Waals surface area contributed by atoms with Gasteiger partial charge in [-0.1, -0.05) is 135 Å². The van der Waals surface area contributed by atoms with Gasteiger partial charge in [-0.3, -0.25) is 8.80 Å². The summed E-state index contributed by atoms with van der Waals surface area (Å²) in [4.78, 5) is 65.5. The maximum atomic E-state index is 17.7. The number of hydrogen-bond acceptors (Lipinski definition) is 17. The van der Waals surface area contributed by atoms with Crippen LogP contribution in [0.25, 0.3) is 90.9 Å². The summed E-state index contributed by atoms with van der Waals surface area (Å²) in [5.74, 6) is 3.23. The number of aliphatic hydroxyl groups is 1. The SMILES string of the molecule is C=C(C)C(=O)OCCCCCCOc1ccc(-c2c3nc(c(-c4ccc(OCC(CC)CCCC)c(OCC(CC)CCCC)c4)c4ccc5c(-c6ccc(OCCCCCCOC(O)C(=C)C)cc6)c6nc(c(-c7ccc(OCCCCCCOC(=O)C(=C)C)c(OCCCCCCOC(=O)C(=C)C)c7)c7ccc2n7c(=O)n54)C=C6)C=C3)cc1. The highest BCUT2D eigenvalue weighted by atomic mass is 16.6. The van der Waals surface area contributed by atoms with Crippen LogP contribution in [0.1, 0.15) is 232 Å². The van der Waals surface area contributed by atoms with Crippen LogP contribution in [0, 0.1) is 11.8 Å².